The van der Waals surface area contributed by atoms with Crippen LogP contribution in [0.5, 0.6) is 11.5 Å². The van der Waals surface area contributed by atoms with Crippen molar-refractivity contribution in [2.75, 3.05) is 33.4 Å². The van der Waals surface area contributed by atoms with Crippen LogP contribution in [0.2, 0.25) is 0 Å². The summed E-state index contributed by atoms with van der Waals surface area (Å²) in [4.78, 5) is 23.3. The van der Waals surface area contributed by atoms with Crippen LogP contribution in [0, 0.1) is 0 Å². The Hall–Kier alpha value is -3.98. The van der Waals surface area contributed by atoms with E-state index in [4.69, 9.17) is 14.2 Å². The molecule has 3 heterocycles. The van der Waals surface area contributed by atoms with Gasteiger partial charge in [0.25, 0.3) is 0 Å². The highest BCUT2D eigenvalue weighted by Crippen LogP contribution is 2.38. The summed E-state index contributed by atoms with van der Waals surface area (Å²) in [6, 6.07) is 13.4. The number of aryl methyl sites for hydroxylation is 1. The highest BCUT2D eigenvalue weighted by atomic mass is 16.6. The lowest BCUT2D eigenvalue weighted by molar-refractivity contribution is 0.0413. The molecule has 1 saturated heterocycles. The number of rotatable bonds is 4. The first-order valence-corrected chi connectivity index (χ1v) is 10.6. The van der Waals surface area contributed by atoms with Gasteiger partial charge in [-0.15, -0.1) is 0 Å². The van der Waals surface area contributed by atoms with Crippen LogP contribution in [0.1, 0.15) is 0 Å². The smallest absolute Gasteiger partial charge is 0.415 e. The number of amides is 1. The largest absolute Gasteiger partial charge is 0.493 e. The topological polar surface area (TPSA) is 91.6 Å². The van der Waals surface area contributed by atoms with Gasteiger partial charge in [0.1, 0.15) is 12.0 Å². The molecule has 1 aliphatic rings. The molecule has 9 nitrogen and oxygen atoms in total. The van der Waals surface area contributed by atoms with Crippen molar-refractivity contribution in [3.8, 4) is 34.0 Å². The second kappa shape index (κ2) is 8.87. The summed E-state index contributed by atoms with van der Waals surface area (Å²) in [5.74, 6) is 0.728. The fourth-order valence-electron chi connectivity index (χ4n) is 3.89. The quantitative estimate of drug-likeness (QED) is 0.474. The van der Waals surface area contributed by atoms with Gasteiger partial charge in [-0.3, -0.25) is 4.68 Å². The summed E-state index contributed by atoms with van der Waals surface area (Å²) in [5, 5.41) is 5.39. The Morgan fingerprint density at radius 2 is 1.82 bits per heavy atom. The van der Waals surface area contributed by atoms with Crippen molar-refractivity contribution in [2.45, 2.75) is 0 Å². The third-order valence-corrected chi connectivity index (χ3v) is 5.52. The van der Waals surface area contributed by atoms with Gasteiger partial charge in [-0.25, -0.2) is 14.8 Å². The molecule has 2 aromatic heterocycles. The summed E-state index contributed by atoms with van der Waals surface area (Å²) in [5.41, 5.74) is 4.00. The Labute approximate surface area is 190 Å². The minimum atomic E-state index is -0.444. The zero-order valence-corrected chi connectivity index (χ0v) is 18.4. The number of methoxy groups -OCH3 is 1. The van der Waals surface area contributed by atoms with E-state index in [1.54, 1.807) is 21.7 Å². The monoisotopic (exact) mass is 445 g/mol. The van der Waals surface area contributed by atoms with Gasteiger partial charge < -0.3 is 19.1 Å². The number of aromatic nitrogens is 4. The van der Waals surface area contributed by atoms with E-state index in [1.165, 1.54) is 13.4 Å². The minimum Gasteiger partial charge on any atom is -0.493 e. The molecule has 0 radical (unpaired) electrons. The molecule has 0 aliphatic carbocycles. The third kappa shape index (κ3) is 4.10. The second-order valence-corrected chi connectivity index (χ2v) is 7.64. The molecular formula is C24H23N5O4. The van der Waals surface area contributed by atoms with Gasteiger partial charge in [0, 0.05) is 48.9 Å². The Morgan fingerprint density at radius 1 is 1.03 bits per heavy atom. The molecule has 168 valence electrons. The molecule has 0 atom stereocenters. The predicted molar refractivity (Wildman–Crippen MR) is 122 cm³/mol. The second-order valence-electron chi connectivity index (χ2n) is 7.64. The normalized spacial score (nSPS) is 13.8. The Kier molecular flexibility index (Phi) is 5.62. The molecule has 5 rings (SSSR count). The van der Waals surface area contributed by atoms with Gasteiger partial charge in [-0.1, -0.05) is 30.3 Å². The maximum atomic E-state index is 12.7. The summed E-state index contributed by atoms with van der Waals surface area (Å²) >= 11 is 0. The molecule has 0 unspecified atom stereocenters. The first-order chi connectivity index (χ1) is 16.1. The summed E-state index contributed by atoms with van der Waals surface area (Å²) in [6.07, 6.45) is 2.99. The lowest BCUT2D eigenvalue weighted by atomic mass is 10.0. The van der Waals surface area contributed by atoms with Crippen LogP contribution in [0.25, 0.3) is 33.4 Å². The van der Waals surface area contributed by atoms with E-state index < -0.39 is 6.09 Å². The molecule has 9 heteroatoms. The molecule has 1 amide bonds. The van der Waals surface area contributed by atoms with Crippen molar-refractivity contribution in [3.05, 3.63) is 55.0 Å². The predicted octanol–water partition coefficient (Wildman–Crippen LogP) is 3.54. The molecule has 1 aliphatic heterocycles. The van der Waals surface area contributed by atoms with Crippen LogP contribution in [0.3, 0.4) is 0 Å². The van der Waals surface area contributed by atoms with Gasteiger partial charge in [0.2, 0.25) is 0 Å². The SMILES string of the molecule is COc1cc2ncnc(-c3cn(C)nc3-c3ccccc3)c2cc1OC(=O)N1CCOCC1. The Bertz CT molecular complexity index is 1300. The van der Waals surface area contributed by atoms with Crippen LogP contribution in [0.4, 0.5) is 4.79 Å². The first kappa shape index (κ1) is 20.9. The van der Waals surface area contributed by atoms with Crippen LogP contribution >= 0.6 is 0 Å². The van der Waals surface area contributed by atoms with Crippen molar-refractivity contribution in [3.63, 3.8) is 0 Å². The average molecular weight is 445 g/mol. The van der Waals surface area contributed by atoms with Crippen molar-refractivity contribution in [1.82, 2.24) is 24.6 Å². The van der Waals surface area contributed by atoms with Gasteiger partial charge in [0.15, 0.2) is 11.5 Å². The summed E-state index contributed by atoms with van der Waals surface area (Å²) in [6.45, 7) is 1.95. The standard InChI is InChI=1S/C24H23N5O4/c1-28-14-18(22(27-28)16-6-4-3-5-7-16)23-17-12-21(20(31-2)13-19(17)25-15-26-23)33-24(30)29-8-10-32-11-9-29/h3-7,12-15H,8-11H2,1-2H3. The van der Waals surface area contributed by atoms with Crippen molar-refractivity contribution < 1.29 is 19.0 Å². The van der Waals surface area contributed by atoms with Crippen LogP contribution < -0.4 is 9.47 Å². The van der Waals surface area contributed by atoms with Gasteiger partial charge in [0.05, 0.1) is 31.5 Å². The fraction of sp³-hybridized carbons (Fsp3) is 0.250. The number of nitrogens with zero attached hydrogens (tertiary/aromatic N) is 5. The van der Waals surface area contributed by atoms with E-state index in [0.717, 1.165) is 22.2 Å². The van der Waals surface area contributed by atoms with Crippen LogP contribution in [0.15, 0.2) is 55.0 Å². The van der Waals surface area contributed by atoms with Gasteiger partial charge in [-0.2, -0.15) is 5.10 Å². The fourth-order valence-corrected chi connectivity index (χ4v) is 3.89. The maximum absolute atomic E-state index is 12.7. The molecular weight excluding hydrogens is 422 g/mol. The molecule has 1 fully saturated rings. The molecule has 0 bridgehead atoms. The maximum Gasteiger partial charge on any atom is 0.415 e. The number of hydrogen-bond donors (Lipinski definition) is 0. The van der Waals surface area contributed by atoms with E-state index in [9.17, 15) is 4.79 Å². The molecule has 0 N–H and O–H groups in total. The number of morpholine rings is 1. The molecule has 33 heavy (non-hydrogen) atoms. The molecule has 0 spiro atoms. The number of benzene rings is 2. The zero-order valence-electron chi connectivity index (χ0n) is 18.4. The van der Waals surface area contributed by atoms with E-state index in [0.29, 0.717) is 49.0 Å². The van der Waals surface area contributed by atoms with E-state index >= 15 is 0 Å². The third-order valence-electron chi connectivity index (χ3n) is 5.52. The highest BCUT2D eigenvalue weighted by molar-refractivity contribution is 5.97. The van der Waals surface area contributed by atoms with Crippen LogP contribution in [-0.4, -0.2) is 64.2 Å². The average Bonchev–Trinajstić information content (AvgIpc) is 3.25. The minimum absolute atomic E-state index is 0.308. The van der Waals surface area contributed by atoms with E-state index in [2.05, 4.69) is 15.1 Å². The molecule has 4 aromatic rings. The number of fused-ring (bicyclic) bond motifs is 1. The van der Waals surface area contributed by atoms with Crippen molar-refractivity contribution >= 4 is 17.0 Å². The molecule has 0 saturated carbocycles. The molecule has 2 aromatic carbocycles. The van der Waals surface area contributed by atoms with Crippen molar-refractivity contribution in [1.29, 1.82) is 0 Å². The first-order valence-electron chi connectivity index (χ1n) is 10.6. The summed E-state index contributed by atoms with van der Waals surface area (Å²) in [7, 11) is 3.40. The number of ether oxygens (including phenoxy) is 3. The van der Waals surface area contributed by atoms with E-state index in [-0.39, 0.29) is 0 Å². The van der Waals surface area contributed by atoms with Crippen molar-refractivity contribution in [2.24, 2.45) is 7.05 Å². The Balaban J connectivity index is 1.60. The number of carbonyl (C=O) groups is 1. The summed E-state index contributed by atoms with van der Waals surface area (Å²) < 4.78 is 18.3. The van der Waals surface area contributed by atoms with Gasteiger partial charge >= 0.3 is 6.09 Å². The van der Waals surface area contributed by atoms with Crippen LogP contribution in [-0.2, 0) is 11.8 Å². The number of carbonyl (C=O) groups excluding carboxylic acids is 1. The zero-order chi connectivity index (χ0) is 22.8. The van der Waals surface area contributed by atoms with E-state index in [1.807, 2.05) is 43.6 Å². The lowest BCUT2D eigenvalue weighted by Crippen LogP contribution is -2.42. The van der Waals surface area contributed by atoms with Gasteiger partial charge in [-0.05, 0) is 6.07 Å². The highest BCUT2D eigenvalue weighted by Gasteiger charge is 2.22. The lowest BCUT2D eigenvalue weighted by Gasteiger charge is -2.26. The number of hydrogen-bond acceptors (Lipinski definition) is 7. The Morgan fingerprint density at radius 3 is 2.58 bits per heavy atom.